The molecule has 12 heteroatoms. The molecule has 0 bridgehead atoms. The summed E-state index contributed by atoms with van der Waals surface area (Å²) in [5.74, 6) is -4.14. The topological polar surface area (TPSA) is 131 Å². The van der Waals surface area contributed by atoms with E-state index >= 15 is 0 Å². The predicted molar refractivity (Wildman–Crippen MR) is 128 cm³/mol. The van der Waals surface area contributed by atoms with Gasteiger partial charge in [-0.15, -0.1) is 0 Å². The minimum Gasteiger partial charge on any atom is -0.449 e. The molecule has 1 atom stereocenters. The van der Waals surface area contributed by atoms with Crippen LogP contribution in [0.1, 0.15) is 24.2 Å². The van der Waals surface area contributed by atoms with Crippen molar-refractivity contribution >= 4 is 44.9 Å². The molecular formula is C24H21F2N3O6S. The fraction of sp³-hybridized carbons (Fsp3) is 0.125. The highest BCUT2D eigenvalue weighted by Gasteiger charge is 2.20. The Morgan fingerprint density at radius 2 is 1.36 bits per heavy atom. The van der Waals surface area contributed by atoms with E-state index in [1.807, 2.05) is 0 Å². The van der Waals surface area contributed by atoms with Crippen molar-refractivity contribution in [2.75, 3.05) is 15.4 Å². The standard InChI is InChI=1S/C24H21F2N3O6S/c1-14(23(31)28-18-9-7-17(8-10-18)27-15(2)30)35-24(32)16-3-5-19(6-4-16)29-36(33,34)20-11-12-21(25)22(26)13-20/h3-14,29H,1-2H3,(H,27,30)(H,28,31)/t14-/m0/s1. The highest BCUT2D eigenvalue weighted by molar-refractivity contribution is 7.92. The molecule has 0 aliphatic rings. The Balaban J connectivity index is 1.58. The van der Waals surface area contributed by atoms with Gasteiger partial charge in [-0.05, 0) is 73.7 Å². The molecule has 0 aliphatic carbocycles. The summed E-state index contributed by atoms with van der Waals surface area (Å²) in [5, 5.41) is 5.17. The Labute approximate surface area is 205 Å². The number of hydrogen-bond acceptors (Lipinski definition) is 6. The molecule has 188 valence electrons. The first-order valence-corrected chi connectivity index (χ1v) is 11.9. The summed E-state index contributed by atoms with van der Waals surface area (Å²) in [4.78, 5) is 35.3. The lowest BCUT2D eigenvalue weighted by atomic mass is 10.2. The highest BCUT2D eigenvalue weighted by atomic mass is 32.2. The van der Waals surface area contributed by atoms with Crippen LogP contribution in [-0.2, 0) is 24.3 Å². The van der Waals surface area contributed by atoms with Gasteiger partial charge in [0, 0.05) is 24.0 Å². The molecule has 0 saturated heterocycles. The highest BCUT2D eigenvalue weighted by Crippen LogP contribution is 2.19. The summed E-state index contributed by atoms with van der Waals surface area (Å²) in [5.41, 5.74) is 1.08. The molecule has 0 aromatic heterocycles. The number of carbonyl (C=O) groups excluding carboxylic acids is 3. The van der Waals surface area contributed by atoms with E-state index in [-0.39, 0.29) is 17.2 Å². The van der Waals surface area contributed by atoms with Crippen molar-refractivity contribution in [3.63, 3.8) is 0 Å². The van der Waals surface area contributed by atoms with Gasteiger partial charge in [0.2, 0.25) is 5.91 Å². The van der Waals surface area contributed by atoms with Crippen LogP contribution in [0.5, 0.6) is 0 Å². The molecule has 0 fully saturated rings. The zero-order valence-corrected chi connectivity index (χ0v) is 19.9. The molecule has 0 unspecified atom stereocenters. The fourth-order valence-electron chi connectivity index (χ4n) is 2.90. The summed E-state index contributed by atoms with van der Waals surface area (Å²) in [7, 11) is -4.20. The van der Waals surface area contributed by atoms with E-state index in [1.165, 1.54) is 38.1 Å². The van der Waals surface area contributed by atoms with Crippen LogP contribution in [0.3, 0.4) is 0 Å². The summed E-state index contributed by atoms with van der Waals surface area (Å²) < 4.78 is 58.5. The minimum atomic E-state index is -4.20. The number of halogens is 2. The fourth-order valence-corrected chi connectivity index (χ4v) is 3.97. The summed E-state index contributed by atoms with van der Waals surface area (Å²) in [6, 6.07) is 13.6. The molecule has 9 nitrogen and oxygen atoms in total. The lowest BCUT2D eigenvalue weighted by Crippen LogP contribution is -2.30. The van der Waals surface area contributed by atoms with Crippen molar-refractivity contribution < 1.29 is 36.3 Å². The predicted octanol–water partition coefficient (Wildman–Crippen LogP) is 3.91. The molecule has 0 radical (unpaired) electrons. The number of anilines is 3. The largest absolute Gasteiger partial charge is 0.449 e. The van der Waals surface area contributed by atoms with E-state index in [2.05, 4.69) is 15.4 Å². The van der Waals surface area contributed by atoms with Gasteiger partial charge in [-0.1, -0.05) is 0 Å². The maximum atomic E-state index is 13.4. The first kappa shape index (κ1) is 26.3. The lowest BCUT2D eigenvalue weighted by Gasteiger charge is -2.14. The van der Waals surface area contributed by atoms with Gasteiger partial charge in [0.25, 0.3) is 15.9 Å². The van der Waals surface area contributed by atoms with Gasteiger partial charge in [-0.2, -0.15) is 0 Å². The number of nitrogens with one attached hydrogen (secondary N) is 3. The van der Waals surface area contributed by atoms with Gasteiger partial charge >= 0.3 is 5.97 Å². The van der Waals surface area contributed by atoms with Crippen molar-refractivity contribution in [1.29, 1.82) is 0 Å². The van der Waals surface area contributed by atoms with Crippen LogP contribution >= 0.6 is 0 Å². The third kappa shape index (κ3) is 6.85. The van der Waals surface area contributed by atoms with Crippen molar-refractivity contribution in [3.05, 3.63) is 83.9 Å². The Morgan fingerprint density at radius 3 is 1.92 bits per heavy atom. The van der Waals surface area contributed by atoms with Gasteiger partial charge in [0.05, 0.1) is 10.5 Å². The van der Waals surface area contributed by atoms with Crippen molar-refractivity contribution in [1.82, 2.24) is 0 Å². The first-order valence-electron chi connectivity index (χ1n) is 10.4. The van der Waals surface area contributed by atoms with Gasteiger partial charge < -0.3 is 15.4 Å². The van der Waals surface area contributed by atoms with Crippen molar-refractivity contribution in [2.24, 2.45) is 0 Å². The van der Waals surface area contributed by atoms with Crippen LogP contribution < -0.4 is 15.4 Å². The molecule has 0 saturated carbocycles. The summed E-state index contributed by atoms with van der Waals surface area (Å²) in [6.45, 7) is 2.75. The second-order valence-corrected chi connectivity index (χ2v) is 9.24. The molecule has 0 heterocycles. The van der Waals surface area contributed by atoms with E-state index < -0.39 is 44.5 Å². The van der Waals surface area contributed by atoms with Crippen molar-refractivity contribution in [3.8, 4) is 0 Å². The number of amides is 2. The first-order chi connectivity index (χ1) is 16.9. The Morgan fingerprint density at radius 1 is 0.806 bits per heavy atom. The molecule has 3 aromatic carbocycles. The minimum absolute atomic E-state index is 0.0464. The van der Waals surface area contributed by atoms with Crippen LogP contribution in [0.15, 0.2) is 71.6 Å². The molecular weight excluding hydrogens is 496 g/mol. The molecule has 3 aromatic rings. The van der Waals surface area contributed by atoms with Gasteiger partial charge in [0.15, 0.2) is 17.7 Å². The monoisotopic (exact) mass is 517 g/mol. The second kappa shape index (κ2) is 11.0. The molecule has 3 rings (SSSR count). The number of esters is 1. The number of ether oxygens (including phenoxy) is 1. The Kier molecular flexibility index (Phi) is 8.00. The zero-order valence-electron chi connectivity index (χ0n) is 19.0. The maximum Gasteiger partial charge on any atom is 0.338 e. The average Bonchev–Trinajstić information content (AvgIpc) is 2.81. The number of rotatable bonds is 8. The quantitative estimate of drug-likeness (QED) is 0.389. The third-order valence-corrected chi connectivity index (χ3v) is 6.08. The van der Waals surface area contributed by atoms with Gasteiger partial charge in [-0.25, -0.2) is 22.0 Å². The van der Waals surface area contributed by atoms with Crippen molar-refractivity contribution in [2.45, 2.75) is 24.8 Å². The SMILES string of the molecule is CC(=O)Nc1ccc(NC(=O)[C@H](C)OC(=O)c2ccc(NS(=O)(=O)c3ccc(F)c(F)c3)cc2)cc1. The van der Waals surface area contributed by atoms with E-state index in [1.54, 1.807) is 24.3 Å². The molecule has 0 spiro atoms. The smallest absolute Gasteiger partial charge is 0.338 e. The maximum absolute atomic E-state index is 13.4. The van der Waals surface area contributed by atoms with Gasteiger partial charge in [0.1, 0.15) is 0 Å². The average molecular weight is 518 g/mol. The van der Waals surface area contributed by atoms with Crippen LogP contribution in [-0.4, -0.2) is 32.3 Å². The van der Waals surface area contributed by atoms with Crippen LogP contribution in [0.4, 0.5) is 25.8 Å². The van der Waals surface area contributed by atoms with E-state index in [9.17, 15) is 31.6 Å². The molecule has 0 aliphatic heterocycles. The van der Waals surface area contributed by atoms with Crippen LogP contribution in [0, 0.1) is 11.6 Å². The Bertz CT molecular complexity index is 1390. The van der Waals surface area contributed by atoms with E-state index in [0.717, 1.165) is 6.07 Å². The number of carbonyl (C=O) groups is 3. The number of hydrogen-bond donors (Lipinski definition) is 3. The third-order valence-electron chi connectivity index (χ3n) is 4.70. The molecule has 36 heavy (non-hydrogen) atoms. The summed E-state index contributed by atoms with van der Waals surface area (Å²) >= 11 is 0. The van der Waals surface area contributed by atoms with E-state index in [4.69, 9.17) is 4.74 Å². The second-order valence-electron chi connectivity index (χ2n) is 7.55. The van der Waals surface area contributed by atoms with Crippen LogP contribution in [0.25, 0.3) is 0 Å². The number of sulfonamides is 1. The van der Waals surface area contributed by atoms with Gasteiger partial charge in [-0.3, -0.25) is 14.3 Å². The lowest BCUT2D eigenvalue weighted by molar-refractivity contribution is -0.123. The summed E-state index contributed by atoms with van der Waals surface area (Å²) in [6.07, 6.45) is -1.15. The molecule has 3 N–H and O–H groups in total. The number of benzene rings is 3. The van der Waals surface area contributed by atoms with E-state index in [0.29, 0.717) is 23.5 Å². The Hall–Kier alpha value is -4.32. The zero-order chi connectivity index (χ0) is 26.5. The van der Waals surface area contributed by atoms with Crippen LogP contribution in [0.2, 0.25) is 0 Å². The normalized spacial score (nSPS) is 11.8. The molecule has 2 amide bonds.